The fourth-order valence-corrected chi connectivity index (χ4v) is 4.71. The first kappa shape index (κ1) is 24.2. The minimum atomic E-state index is -3.29. The standard InChI is InChI=1S/C22H37F2NO4/c1-3-5-13-21(23,24)22(28)14-12-17-16(18(26)15-19(17)29-22)10-8-6-7-9-11-20(27)25-4-2/h16-17,19,28H,3-15H2,1-2H3,(H,25,27)/t16-,17?,19-,22?/m1/s1. The molecule has 0 radical (unpaired) electrons. The summed E-state index contributed by atoms with van der Waals surface area (Å²) in [6.45, 7) is 4.37. The molecule has 168 valence electrons. The monoisotopic (exact) mass is 417 g/mol. The fraction of sp³-hybridized carbons (Fsp3) is 0.909. The summed E-state index contributed by atoms with van der Waals surface area (Å²) in [4.78, 5) is 23.9. The number of carbonyl (C=O) groups is 2. The Labute approximate surface area is 173 Å². The Morgan fingerprint density at radius 2 is 1.97 bits per heavy atom. The second-order valence-corrected chi connectivity index (χ2v) is 8.63. The maximum atomic E-state index is 14.5. The van der Waals surface area contributed by atoms with Crippen molar-refractivity contribution in [1.82, 2.24) is 5.32 Å². The van der Waals surface area contributed by atoms with Gasteiger partial charge in [0.15, 0.2) is 0 Å². The summed E-state index contributed by atoms with van der Waals surface area (Å²) in [5.41, 5.74) is 0. The summed E-state index contributed by atoms with van der Waals surface area (Å²) in [6.07, 6.45) is 5.21. The number of fused-ring (bicyclic) bond motifs is 1. The van der Waals surface area contributed by atoms with Gasteiger partial charge in [0.25, 0.3) is 0 Å². The lowest BCUT2D eigenvalue weighted by atomic mass is 9.81. The molecule has 1 aliphatic heterocycles. The number of halogens is 2. The summed E-state index contributed by atoms with van der Waals surface area (Å²) in [5.74, 6) is -5.82. The first-order valence-corrected chi connectivity index (χ1v) is 11.3. The van der Waals surface area contributed by atoms with Gasteiger partial charge >= 0.3 is 5.92 Å². The van der Waals surface area contributed by atoms with E-state index in [1.165, 1.54) is 0 Å². The van der Waals surface area contributed by atoms with E-state index in [2.05, 4.69) is 5.32 Å². The van der Waals surface area contributed by atoms with Gasteiger partial charge in [-0.1, -0.05) is 32.6 Å². The lowest BCUT2D eigenvalue weighted by molar-refractivity contribution is -0.356. The Kier molecular flexibility index (Phi) is 9.01. The minimum absolute atomic E-state index is 0.0694. The number of rotatable bonds is 12. The van der Waals surface area contributed by atoms with Crippen molar-refractivity contribution >= 4 is 11.7 Å². The third kappa shape index (κ3) is 6.20. The van der Waals surface area contributed by atoms with E-state index in [1.54, 1.807) is 0 Å². The quantitative estimate of drug-likeness (QED) is 0.463. The number of hydrogen-bond donors (Lipinski definition) is 2. The number of Topliss-reactive ketones (excluding diaryl/α,β-unsaturated/α-hetero) is 1. The van der Waals surface area contributed by atoms with E-state index in [-0.39, 0.29) is 36.4 Å². The molecule has 0 aromatic carbocycles. The zero-order chi connectivity index (χ0) is 21.5. The minimum Gasteiger partial charge on any atom is -0.361 e. The number of hydrogen-bond acceptors (Lipinski definition) is 4. The Balaban J connectivity index is 1.78. The van der Waals surface area contributed by atoms with E-state index in [9.17, 15) is 23.5 Å². The van der Waals surface area contributed by atoms with Gasteiger partial charge in [-0.05, 0) is 38.5 Å². The molecular weight excluding hydrogens is 380 g/mol. The number of amides is 1. The zero-order valence-corrected chi connectivity index (χ0v) is 17.9. The van der Waals surface area contributed by atoms with Crippen molar-refractivity contribution in [3.05, 3.63) is 0 Å². The van der Waals surface area contributed by atoms with Gasteiger partial charge in [-0.25, -0.2) is 8.78 Å². The molecule has 0 aromatic heterocycles. The van der Waals surface area contributed by atoms with Gasteiger partial charge in [0.1, 0.15) is 5.78 Å². The Morgan fingerprint density at radius 1 is 1.24 bits per heavy atom. The van der Waals surface area contributed by atoms with E-state index in [0.29, 0.717) is 32.2 Å². The van der Waals surface area contributed by atoms with Gasteiger partial charge in [0, 0.05) is 38.1 Å². The van der Waals surface area contributed by atoms with Gasteiger partial charge in [-0.3, -0.25) is 9.59 Å². The van der Waals surface area contributed by atoms with Crippen molar-refractivity contribution in [2.75, 3.05) is 6.54 Å². The molecule has 2 N–H and O–H groups in total. The highest BCUT2D eigenvalue weighted by atomic mass is 19.3. The van der Waals surface area contributed by atoms with Crippen molar-refractivity contribution in [3.63, 3.8) is 0 Å². The van der Waals surface area contributed by atoms with Crippen molar-refractivity contribution in [1.29, 1.82) is 0 Å². The molecule has 7 heteroatoms. The second kappa shape index (κ2) is 10.8. The molecule has 0 bridgehead atoms. The molecule has 1 saturated carbocycles. The fourth-order valence-electron chi connectivity index (χ4n) is 4.71. The van der Waals surface area contributed by atoms with Crippen LogP contribution in [0, 0.1) is 11.8 Å². The van der Waals surface area contributed by atoms with Gasteiger partial charge in [-0.15, -0.1) is 0 Å². The van der Waals surface area contributed by atoms with Gasteiger partial charge in [0.05, 0.1) is 6.10 Å². The summed E-state index contributed by atoms with van der Waals surface area (Å²) >= 11 is 0. The molecule has 0 spiro atoms. The average molecular weight is 418 g/mol. The highest BCUT2D eigenvalue weighted by Gasteiger charge is 2.59. The number of ketones is 1. The maximum absolute atomic E-state index is 14.5. The van der Waals surface area contributed by atoms with Crippen LogP contribution in [0.3, 0.4) is 0 Å². The smallest absolute Gasteiger partial charge is 0.300 e. The lowest BCUT2D eigenvalue weighted by Crippen LogP contribution is -2.55. The van der Waals surface area contributed by atoms with Crippen LogP contribution in [-0.4, -0.2) is 41.2 Å². The largest absolute Gasteiger partial charge is 0.361 e. The van der Waals surface area contributed by atoms with Crippen LogP contribution in [-0.2, 0) is 14.3 Å². The van der Waals surface area contributed by atoms with E-state index in [0.717, 1.165) is 32.1 Å². The second-order valence-electron chi connectivity index (χ2n) is 8.63. The molecule has 5 nitrogen and oxygen atoms in total. The van der Waals surface area contributed by atoms with Gasteiger partial charge < -0.3 is 15.2 Å². The molecule has 29 heavy (non-hydrogen) atoms. The maximum Gasteiger partial charge on any atom is 0.300 e. The molecule has 2 fully saturated rings. The van der Waals surface area contributed by atoms with Crippen LogP contribution in [0.1, 0.15) is 90.9 Å². The molecule has 2 unspecified atom stereocenters. The molecule has 1 heterocycles. The molecule has 1 saturated heterocycles. The van der Waals surface area contributed by atoms with Crippen LogP contribution >= 0.6 is 0 Å². The van der Waals surface area contributed by atoms with Crippen LogP contribution in [0.25, 0.3) is 0 Å². The van der Waals surface area contributed by atoms with Gasteiger partial charge in [0.2, 0.25) is 11.7 Å². The molecular formula is C22H37F2NO4. The lowest BCUT2D eigenvalue weighted by Gasteiger charge is -2.43. The van der Waals surface area contributed by atoms with Crippen LogP contribution < -0.4 is 5.32 Å². The van der Waals surface area contributed by atoms with Gasteiger partial charge in [-0.2, -0.15) is 0 Å². The Bertz CT molecular complexity index is 557. The third-order valence-electron chi connectivity index (χ3n) is 6.43. The first-order valence-electron chi connectivity index (χ1n) is 11.3. The van der Waals surface area contributed by atoms with Crippen LogP contribution in [0.2, 0.25) is 0 Å². The average Bonchev–Trinajstić information content (AvgIpc) is 2.97. The normalized spacial score (nSPS) is 29.7. The zero-order valence-electron chi connectivity index (χ0n) is 17.9. The van der Waals surface area contributed by atoms with Crippen LogP contribution in [0.15, 0.2) is 0 Å². The topological polar surface area (TPSA) is 75.6 Å². The van der Waals surface area contributed by atoms with Crippen LogP contribution in [0.5, 0.6) is 0 Å². The highest BCUT2D eigenvalue weighted by Crippen LogP contribution is 2.49. The number of carbonyl (C=O) groups excluding carboxylic acids is 2. The SMILES string of the molecule is CCCCC(F)(F)C1(O)CCC2[C@@H](CC(=O)[C@@H]2CCCCCCC(=O)NCC)O1. The molecule has 1 amide bonds. The summed E-state index contributed by atoms with van der Waals surface area (Å²) < 4.78 is 34.4. The van der Waals surface area contributed by atoms with E-state index >= 15 is 0 Å². The number of aliphatic hydroxyl groups is 1. The predicted molar refractivity (Wildman–Crippen MR) is 107 cm³/mol. The third-order valence-corrected chi connectivity index (χ3v) is 6.43. The predicted octanol–water partition coefficient (Wildman–Crippen LogP) is 4.36. The molecule has 2 rings (SSSR count). The Hall–Kier alpha value is -1.08. The number of unbranched alkanes of at least 4 members (excludes halogenated alkanes) is 4. The van der Waals surface area contributed by atoms with E-state index in [1.807, 2.05) is 13.8 Å². The van der Waals surface area contributed by atoms with Crippen molar-refractivity contribution in [2.24, 2.45) is 11.8 Å². The molecule has 4 atom stereocenters. The molecule has 1 aliphatic carbocycles. The Morgan fingerprint density at radius 3 is 2.66 bits per heavy atom. The van der Waals surface area contributed by atoms with E-state index in [4.69, 9.17) is 4.74 Å². The van der Waals surface area contributed by atoms with Crippen molar-refractivity contribution < 1.29 is 28.2 Å². The summed E-state index contributed by atoms with van der Waals surface area (Å²) in [5, 5.41) is 13.3. The highest BCUT2D eigenvalue weighted by molar-refractivity contribution is 5.84. The van der Waals surface area contributed by atoms with Crippen LogP contribution in [0.4, 0.5) is 8.78 Å². The molecule has 2 aliphatic rings. The van der Waals surface area contributed by atoms with E-state index < -0.39 is 24.2 Å². The number of alkyl halides is 2. The number of nitrogens with one attached hydrogen (secondary N) is 1. The first-order chi connectivity index (χ1) is 13.7. The summed E-state index contributed by atoms with van der Waals surface area (Å²) in [7, 11) is 0. The molecule has 0 aromatic rings. The van der Waals surface area contributed by atoms with Crippen molar-refractivity contribution in [3.8, 4) is 0 Å². The number of ether oxygens (including phenoxy) is 1. The van der Waals surface area contributed by atoms with Crippen molar-refractivity contribution in [2.45, 2.75) is 109 Å². The summed E-state index contributed by atoms with van der Waals surface area (Å²) in [6, 6.07) is 0.